The first-order chi connectivity index (χ1) is 16.0. The van der Waals surface area contributed by atoms with Gasteiger partial charge in [0.25, 0.3) is 5.91 Å². The number of benzene rings is 2. The first-order valence-corrected chi connectivity index (χ1v) is 11.5. The van der Waals surface area contributed by atoms with Gasteiger partial charge >= 0.3 is 0 Å². The fourth-order valence-electron chi connectivity index (χ4n) is 4.05. The van der Waals surface area contributed by atoms with Crippen LogP contribution in [-0.2, 0) is 0 Å². The maximum Gasteiger partial charge on any atom is 0.251 e. The van der Waals surface area contributed by atoms with Crippen LogP contribution in [0.3, 0.4) is 0 Å². The third kappa shape index (κ3) is 5.87. The van der Waals surface area contributed by atoms with Crippen molar-refractivity contribution in [2.45, 2.75) is 57.7 Å². The van der Waals surface area contributed by atoms with Crippen LogP contribution < -0.4 is 21.1 Å². The molecule has 0 unspecified atom stereocenters. The van der Waals surface area contributed by atoms with Gasteiger partial charge in [0.2, 0.25) is 0 Å². The van der Waals surface area contributed by atoms with Crippen LogP contribution in [0.4, 0.5) is 11.5 Å². The first-order valence-electron chi connectivity index (χ1n) is 11.5. The van der Waals surface area contributed by atoms with Crippen molar-refractivity contribution in [3.05, 3.63) is 66.5 Å². The number of nitrogens with zero attached hydrogens (tertiary/aromatic N) is 2. The molecule has 1 aliphatic carbocycles. The number of rotatable bonds is 7. The van der Waals surface area contributed by atoms with Crippen molar-refractivity contribution in [1.29, 1.82) is 0 Å². The molecule has 1 amide bonds. The molecule has 172 valence electrons. The Kier molecular flexibility index (Phi) is 7.19. The van der Waals surface area contributed by atoms with Gasteiger partial charge in [-0.2, -0.15) is 0 Å². The summed E-state index contributed by atoms with van der Waals surface area (Å²) in [5.74, 6) is 1.35. The molecule has 33 heavy (non-hydrogen) atoms. The normalized spacial score (nSPS) is 18.1. The Morgan fingerprint density at radius 2 is 1.82 bits per heavy atom. The number of anilines is 2. The highest BCUT2D eigenvalue weighted by molar-refractivity contribution is 5.94. The van der Waals surface area contributed by atoms with E-state index in [4.69, 9.17) is 10.5 Å². The second-order valence-corrected chi connectivity index (χ2v) is 8.68. The fraction of sp³-hybridized carbons (Fsp3) is 0.346. The lowest BCUT2D eigenvalue weighted by Crippen LogP contribution is -2.49. The second kappa shape index (κ2) is 10.4. The minimum Gasteiger partial charge on any atom is -0.490 e. The van der Waals surface area contributed by atoms with Crippen molar-refractivity contribution < 1.29 is 9.53 Å². The lowest BCUT2D eigenvalue weighted by molar-refractivity contribution is 0.0921. The summed E-state index contributed by atoms with van der Waals surface area (Å²) in [6.07, 6.45) is 5.73. The van der Waals surface area contributed by atoms with Gasteiger partial charge in [-0.1, -0.05) is 25.0 Å². The summed E-state index contributed by atoms with van der Waals surface area (Å²) >= 11 is 0. The summed E-state index contributed by atoms with van der Waals surface area (Å²) in [6.45, 7) is 3.99. The topological polar surface area (TPSA) is 102 Å². The van der Waals surface area contributed by atoms with Crippen molar-refractivity contribution in [2.24, 2.45) is 5.73 Å². The molecule has 2 atom stereocenters. The largest absolute Gasteiger partial charge is 0.490 e. The van der Waals surface area contributed by atoms with Gasteiger partial charge in [0.05, 0.1) is 11.8 Å². The molecule has 1 saturated carbocycles. The molecule has 4 N–H and O–H groups in total. The molecule has 1 aromatic heterocycles. The molecule has 2 aromatic carbocycles. The van der Waals surface area contributed by atoms with Crippen LogP contribution in [0.5, 0.6) is 5.75 Å². The van der Waals surface area contributed by atoms with E-state index in [1.165, 1.54) is 6.33 Å². The van der Waals surface area contributed by atoms with E-state index in [0.29, 0.717) is 11.4 Å². The zero-order valence-corrected chi connectivity index (χ0v) is 19.1. The van der Waals surface area contributed by atoms with Crippen molar-refractivity contribution >= 4 is 17.4 Å². The monoisotopic (exact) mass is 445 g/mol. The van der Waals surface area contributed by atoms with E-state index in [0.717, 1.165) is 48.4 Å². The quantitative estimate of drug-likeness (QED) is 0.488. The first kappa shape index (κ1) is 22.7. The van der Waals surface area contributed by atoms with Crippen LogP contribution >= 0.6 is 0 Å². The van der Waals surface area contributed by atoms with Gasteiger partial charge in [-0.15, -0.1) is 0 Å². The number of carbonyl (C=O) groups is 1. The zero-order valence-electron chi connectivity index (χ0n) is 19.1. The minimum atomic E-state index is -0.0880. The van der Waals surface area contributed by atoms with Crippen LogP contribution in [-0.4, -0.2) is 34.1 Å². The van der Waals surface area contributed by atoms with Gasteiger partial charge in [-0.3, -0.25) is 4.79 Å². The Morgan fingerprint density at radius 1 is 1.06 bits per heavy atom. The number of hydrogen-bond donors (Lipinski definition) is 3. The van der Waals surface area contributed by atoms with E-state index in [1.54, 1.807) is 12.1 Å². The lowest BCUT2D eigenvalue weighted by Gasteiger charge is -2.29. The Morgan fingerprint density at radius 3 is 2.58 bits per heavy atom. The van der Waals surface area contributed by atoms with Crippen molar-refractivity contribution in [1.82, 2.24) is 15.3 Å². The molecule has 7 nitrogen and oxygen atoms in total. The van der Waals surface area contributed by atoms with E-state index in [-0.39, 0.29) is 24.1 Å². The molecule has 3 aromatic rings. The van der Waals surface area contributed by atoms with Crippen LogP contribution in [0.1, 0.15) is 49.9 Å². The number of nitrogens with one attached hydrogen (secondary N) is 2. The lowest BCUT2D eigenvalue weighted by atomic mass is 9.91. The average molecular weight is 446 g/mol. The number of carbonyl (C=O) groups excluding carboxylic acids is 1. The summed E-state index contributed by atoms with van der Waals surface area (Å²) in [5, 5.41) is 6.37. The summed E-state index contributed by atoms with van der Waals surface area (Å²) in [7, 11) is 0. The van der Waals surface area contributed by atoms with E-state index in [1.807, 2.05) is 56.3 Å². The highest BCUT2D eigenvalue weighted by atomic mass is 16.5. The molecule has 0 radical (unpaired) electrons. The predicted octanol–water partition coefficient (Wildman–Crippen LogP) is 4.67. The van der Waals surface area contributed by atoms with Gasteiger partial charge in [-0.25, -0.2) is 9.97 Å². The number of hydrogen-bond acceptors (Lipinski definition) is 6. The van der Waals surface area contributed by atoms with Crippen LogP contribution in [0, 0.1) is 0 Å². The number of amides is 1. The Balaban J connectivity index is 1.44. The van der Waals surface area contributed by atoms with Gasteiger partial charge in [-0.05, 0) is 63.1 Å². The van der Waals surface area contributed by atoms with Gasteiger partial charge < -0.3 is 21.1 Å². The standard InChI is InChI=1S/C26H31N5O2/c1-17(2)33-24-10-6-3-7-20(24)23-15-25(29-16-28-23)30-19-13-11-18(12-14-19)26(32)31-22-9-5-4-8-21(22)27/h3,6-7,10-17,21-22H,4-5,8-9,27H2,1-2H3,(H,31,32)(H,28,29,30)/t21-,22-/m0/s1. The molecule has 1 aliphatic rings. The smallest absolute Gasteiger partial charge is 0.251 e. The maximum atomic E-state index is 12.6. The van der Waals surface area contributed by atoms with Crippen molar-refractivity contribution in [2.75, 3.05) is 5.32 Å². The summed E-state index contributed by atoms with van der Waals surface area (Å²) in [6, 6.07) is 17.1. The van der Waals surface area contributed by atoms with Gasteiger partial charge in [0, 0.05) is 35.0 Å². The molecule has 0 aliphatic heterocycles. The number of nitrogens with two attached hydrogens (primary N) is 1. The van der Waals surface area contributed by atoms with Gasteiger partial charge in [0.15, 0.2) is 0 Å². The summed E-state index contributed by atoms with van der Waals surface area (Å²) < 4.78 is 5.93. The zero-order chi connectivity index (χ0) is 23.2. The van der Waals surface area contributed by atoms with E-state index >= 15 is 0 Å². The molecule has 0 bridgehead atoms. The molecule has 1 heterocycles. The Hall–Kier alpha value is -3.45. The maximum absolute atomic E-state index is 12.6. The number of para-hydroxylation sites is 1. The fourth-order valence-corrected chi connectivity index (χ4v) is 4.05. The molecule has 0 saturated heterocycles. The van der Waals surface area contributed by atoms with Crippen LogP contribution in [0.2, 0.25) is 0 Å². The van der Waals surface area contributed by atoms with Crippen LogP contribution in [0.15, 0.2) is 60.9 Å². The number of ether oxygens (including phenoxy) is 1. The Bertz CT molecular complexity index is 1080. The van der Waals surface area contributed by atoms with Crippen molar-refractivity contribution in [3.63, 3.8) is 0 Å². The molecular weight excluding hydrogens is 414 g/mol. The molecule has 7 heteroatoms. The van der Waals surface area contributed by atoms with E-state index in [2.05, 4.69) is 20.6 Å². The third-order valence-electron chi connectivity index (χ3n) is 5.75. The highest BCUT2D eigenvalue weighted by Crippen LogP contribution is 2.30. The molecule has 1 fully saturated rings. The van der Waals surface area contributed by atoms with E-state index < -0.39 is 0 Å². The second-order valence-electron chi connectivity index (χ2n) is 8.68. The summed E-state index contributed by atoms with van der Waals surface area (Å²) in [5.41, 5.74) is 9.28. The van der Waals surface area contributed by atoms with Gasteiger partial charge in [0.1, 0.15) is 17.9 Å². The van der Waals surface area contributed by atoms with Crippen molar-refractivity contribution in [3.8, 4) is 17.0 Å². The average Bonchev–Trinajstić information content (AvgIpc) is 2.81. The Labute approximate surface area is 194 Å². The predicted molar refractivity (Wildman–Crippen MR) is 131 cm³/mol. The highest BCUT2D eigenvalue weighted by Gasteiger charge is 2.23. The third-order valence-corrected chi connectivity index (χ3v) is 5.75. The van der Waals surface area contributed by atoms with E-state index in [9.17, 15) is 4.79 Å². The minimum absolute atomic E-state index is 0.0340. The molecule has 4 rings (SSSR count). The van der Waals surface area contributed by atoms with Crippen LogP contribution in [0.25, 0.3) is 11.3 Å². The SMILES string of the molecule is CC(C)Oc1ccccc1-c1cc(Nc2ccc(C(=O)N[C@H]3CCCC[C@@H]3N)cc2)ncn1. The molecule has 0 spiro atoms. The summed E-state index contributed by atoms with van der Waals surface area (Å²) in [4.78, 5) is 21.4. The molecular formula is C26H31N5O2. The number of aromatic nitrogens is 2.